The highest BCUT2D eigenvalue weighted by atomic mass is 17.3. The minimum absolute atomic E-state index is 0.462. The summed E-state index contributed by atoms with van der Waals surface area (Å²) in [7, 11) is 0. The third-order valence-corrected chi connectivity index (χ3v) is 6.37. The molecule has 0 saturated carbocycles. The number of esters is 2. The molecule has 8 N–H and O–H groups in total. The Bertz CT molecular complexity index is 1430. The zero-order valence-corrected chi connectivity index (χ0v) is 21.0. The number of ether oxygens (including phenoxy) is 2. The Labute approximate surface area is 234 Å². The fourth-order valence-corrected chi connectivity index (χ4v) is 4.07. The first-order valence-corrected chi connectivity index (χ1v) is 11.7. The van der Waals surface area contributed by atoms with E-state index in [-0.39, 0.29) is 0 Å². The number of ketones is 2. The molecule has 0 fully saturated rings. The van der Waals surface area contributed by atoms with E-state index in [1.54, 1.807) is 0 Å². The fourth-order valence-electron chi connectivity index (χ4n) is 4.07. The summed E-state index contributed by atoms with van der Waals surface area (Å²) in [6.07, 6.45) is -5.31. The van der Waals surface area contributed by atoms with Crippen LogP contribution in [0.25, 0.3) is 0 Å². The molecular formula is C26H22O16. The summed E-state index contributed by atoms with van der Waals surface area (Å²) in [5.74, 6) is -20.2. The molecule has 16 nitrogen and oxygen atoms in total. The standard InChI is InChI=1S/C26H22O16/c27-11-24(36,20-14(28)16(30)22(34)39-20)41-42-26(38,21-15(29)17(31)23(35)40-21)25(37,18(32)12-7-3-1-4-8-12)19(33)13-9-5-2-6-10-13/h1-10,20-21,27-31,36-38H,11H2/t20-,21-,24+,26-/m0/s1. The summed E-state index contributed by atoms with van der Waals surface area (Å²) < 4.78 is 9.21. The van der Waals surface area contributed by atoms with E-state index in [1.807, 2.05) is 0 Å². The van der Waals surface area contributed by atoms with E-state index < -0.39 is 93.7 Å². The van der Waals surface area contributed by atoms with Crippen molar-refractivity contribution >= 4 is 23.5 Å². The molecule has 2 heterocycles. The minimum Gasteiger partial charge on any atom is -0.505 e. The molecule has 2 aliphatic heterocycles. The lowest BCUT2D eigenvalue weighted by Gasteiger charge is -2.43. The van der Waals surface area contributed by atoms with Crippen LogP contribution in [0.5, 0.6) is 0 Å². The number of Topliss-reactive ketones (excluding diaryl/α,β-unsaturated/α-hetero) is 2. The van der Waals surface area contributed by atoms with Gasteiger partial charge in [-0.05, 0) is 0 Å². The quantitative estimate of drug-likeness (QED) is 0.0402. The summed E-state index contributed by atoms with van der Waals surface area (Å²) in [4.78, 5) is 60.8. The number of hydrogen-bond donors (Lipinski definition) is 8. The van der Waals surface area contributed by atoms with Crippen molar-refractivity contribution in [3.8, 4) is 0 Å². The van der Waals surface area contributed by atoms with Gasteiger partial charge in [0, 0.05) is 11.1 Å². The molecule has 0 amide bonds. The Morgan fingerprint density at radius 2 is 1.10 bits per heavy atom. The lowest BCUT2D eigenvalue weighted by molar-refractivity contribution is -0.526. The van der Waals surface area contributed by atoms with Crippen molar-refractivity contribution in [2.24, 2.45) is 0 Å². The number of cyclic esters (lactones) is 2. The van der Waals surface area contributed by atoms with Crippen LogP contribution in [0.4, 0.5) is 0 Å². The van der Waals surface area contributed by atoms with Gasteiger partial charge < -0.3 is 50.3 Å². The van der Waals surface area contributed by atoms with E-state index in [1.165, 1.54) is 36.4 Å². The van der Waals surface area contributed by atoms with Crippen LogP contribution in [-0.4, -0.2) is 100 Å². The highest BCUT2D eigenvalue weighted by Crippen LogP contribution is 2.42. The monoisotopic (exact) mass is 590 g/mol. The summed E-state index contributed by atoms with van der Waals surface area (Å²) in [5, 5.41) is 84.2. The second-order valence-corrected chi connectivity index (χ2v) is 9.01. The molecule has 42 heavy (non-hydrogen) atoms. The smallest absolute Gasteiger partial charge is 0.378 e. The number of rotatable bonds is 11. The number of benzene rings is 2. The maximum Gasteiger partial charge on any atom is 0.378 e. The van der Waals surface area contributed by atoms with E-state index in [0.29, 0.717) is 0 Å². The molecule has 0 aliphatic carbocycles. The molecule has 0 radical (unpaired) electrons. The number of carbonyl (C=O) groups is 4. The van der Waals surface area contributed by atoms with Crippen LogP contribution in [-0.2, 0) is 28.8 Å². The molecule has 4 atom stereocenters. The molecular weight excluding hydrogens is 568 g/mol. The predicted octanol–water partition coefficient (Wildman–Crippen LogP) is -0.693. The molecule has 2 aromatic carbocycles. The van der Waals surface area contributed by atoms with Crippen molar-refractivity contribution in [3.05, 3.63) is 94.8 Å². The van der Waals surface area contributed by atoms with Gasteiger partial charge in [-0.2, -0.15) is 9.78 Å². The van der Waals surface area contributed by atoms with Gasteiger partial charge in [0.1, 0.15) is 6.61 Å². The van der Waals surface area contributed by atoms with Crippen LogP contribution in [0.1, 0.15) is 20.7 Å². The van der Waals surface area contributed by atoms with Crippen LogP contribution in [0.15, 0.2) is 83.7 Å². The summed E-state index contributed by atoms with van der Waals surface area (Å²) in [5.41, 5.74) is -4.91. The molecule has 0 spiro atoms. The lowest BCUT2D eigenvalue weighted by Crippen LogP contribution is -2.71. The summed E-state index contributed by atoms with van der Waals surface area (Å²) in [6, 6.07) is 12.5. The molecule has 4 rings (SSSR count). The normalized spacial score (nSPS) is 21.9. The van der Waals surface area contributed by atoms with Crippen molar-refractivity contribution in [3.63, 3.8) is 0 Å². The van der Waals surface area contributed by atoms with Gasteiger partial charge in [-0.3, -0.25) is 9.59 Å². The molecule has 0 bridgehead atoms. The number of aliphatic hydroxyl groups is 8. The summed E-state index contributed by atoms with van der Waals surface area (Å²) >= 11 is 0. The van der Waals surface area contributed by atoms with Crippen LogP contribution in [0, 0.1) is 0 Å². The first-order chi connectivity index (χ1) is 19.7. The highest BCUT2D eigenvalue weighted by molar-refractivity contribution is 6.23. The SMILES string of the molecule is O=C1O[C@H]([C@@](O)(CO)OO[C@@](O)([C@H]2OC(=O)C(O)=C2O)C(O)(C(=O)c2ccccc2)C(=O)c2ccccc2)C(O)=C1O. The van der Waals surface area contributed by atoms with Crippen LogP contribution >= 0.6 is 0 Å². The fraction of sp³-hybridized carbons (Fsp3) is 0.231. The molecule has 2 aliphatic rings. The third-order valence-electron chi connectivity index (χ3n) is 6.37. The van der Waals surface area contributed by atoms with Crippen LogP contribution in [0.3, 0.4) is 0 Å². The second-order valence-electron chi connectivity index (χ2n) is 9.01. The Hall–Kier alpha value is -4.84. The van der Waals surface area contributed by atoms with E-state index in [9.17, 15) is 60.0 Å². The van der Waals surface area contributed by atoms with E-state index in [2.05, 4.69) is 14.4 Å². The number of carbonyl (C=O) groups excluding carboxylic acids is 4. The first kappa shape index (κ1) is 30.1. The Morgan fingerprint density at radius 1 is 0.690 bits per heavy atom. The van der Waals surface area contributed by atoms with Gasteiger partial charge in [0.25, 0.3) is 17.2 Å². The van der Waals surface area contributed by atoms with Gasteiger partial charge in [-0.25, -0.2) is 9.59 Å². The highest BCUT2D eigenvalue weighted by Gasteiger charge is 2.71. The molecule has 2 aromatic rings. The van der Waals surface area contributed by atoms with Gasteiger partial charge in [-0.15, -0.1) is 0 Å². The van der Waals surface area contributed by atoms with E-state index in [4.69, 9.17) is 4.89 Å². The summed E-state index contributed by atoms with van der Waals surface area (Å²) in [6.45, 7) is -1.67. The van der Waals surface area contributed by atoms with Crippen LogP contribution in [0.2, 0.25) is 0 Å². The maximum atomic E-state index is 13.8. The van der Waals surface area contributed by atoms with Crippen molar-refractivity contribution in [2.45, 2.75) is 29.4 Å². The van der Waals surface area contributed by atoms with Gasteiger partial charge in [0.2, 0.25) is 35.3 Å². The van der Waals surface area contributed by atoms with Crippen molar-refractivity contribution in [2.75, 3.05) is 6.61 Å². The predicted molar refractivity (Wildman–Crippen MR) is 130 cm³/mol. The van der Waals surface area contributed by atoms with Crippen LogP contribution < -0.4 is 0 Å². The first-order valence-electron chi connectivity index (χ1n) is 11.7. The molecule has 222 valence electrons. The number of aliphatic hydroxyl groups excluding tert-OH is 5. The Balaban J connectivity index is 1.91. The zero-order valence-electron chi connectivity index (χ0n) is 21.0. The maximum absolute atomic E-state index is 13.8. The molecule has 0 saturated heterocycles. The van der Waals surface area contributed by atoms with Gasteiger partial charge in [0.15, 0.2) is 11.5 Å². The largest absolute Gasteiger partial charge is 0.505 e. The zero-order chi connectivity index (χ0) is 31.0. The third kappa shape index (κ3) is 4.63. The average molecular weight is 590 g/mol. The second kappa shape index (κ2) is 10.9. The molecule has 0 aromatic heterocycles. The minimum atomic E-state index is -4.15. The number of hydrogen-bond acceptors (Lipinski definition) is 16. The van der Waals surface area contributed by atoms with Crippen molar-refractivity contribution in [1.82, 2.24) is 0 Å². The van der Waals surface area contributed by atoms with E-state index in [0.717, 1.165) is 24.3 Å². The van der Waals surface area contributed by atoms with Gasteiger partial charge in [-0.1, -0.05) is 60.7 Å². The Kier molecular flexibility index (Phi) is 7.79. The lowest BCUT2D eigenvalue weighted by atomic mass is 9.76. The topological polar surface area (TPSA) is 267 Å². The average Bonchev–Trinajstić information content (AvgIpc) is 3.43. The van der Waals surface area contributed by atoms with E-state index >= 15 is 0 Å². The van der Waals surface area contributed by atoms with Gasteiger partial charge in [0.05, 0.1) is 0 Å². The molecule has 16 heteroatoms. The molecule has 0 unspecified atom stereocenters. The van der Waals surface area contributed by atoms with Gasteiger partial charge >= 0.3 is 11.9 Å². The van der Waals surface area contributed by atoms with Crippen molar-refractivity contribution < 1.29 is 79.3 Å². The Morgan fingerprint density at radius 3 is 1.45 bits per heavy atom. The van der Waals surface area contributed by atoms with Crippen molar-refractivity contribution in [1.29, 1.82) is 0 Å².